The molecule has 1 unspecified atom stereocenters. The number of aromatic nitrogens is 2. The van der Waals surface area contributed by atoms with Gasteiger partial charge in [-0.25, -0.2) is 10.4 Å². The normalized spacial score (nSPS) is 17.9. The number of hydrogen-bond acceptors (Lipinski definition) is 5. The van der Waals surface area contributed by atoms with E-state index < -0.39 is 0 Å². The van der Waals surface area contributed by atoms with Gasteiger partial charge in [0.25, 0.3) is 0 Å². The van der Waals surface area contributed by atoms with E-state index in [4.69, 9.17) is 4.42 Å². The molecular weight excluding hydrogens is 292 g/mol. The fourth-order valence-corrected chi connectivity index (χ4v) is 2.70. The molecule has 1 aliphatic rings. The molecule has 0 bridgehead atoms. The molecule has 23 heavy (non-hydrogen) atoms. The van der Waals surface area contributed by atoms with Gasteiger partial charge in [0, 0.05) is 30.3 Å². The summed E-state index contributed by atoms with van der Waals surface area (Å²) >= 11 is 0. The van der Waals surface area contributed by atoms with E-state index in [2.05, 4.69) is 20.5 Å². The summed E-state index contributed by atoms with van der Waals surface area (Å²) in [5, 5.41) is 4.18. The van der Waals surface area contributed by atoms with Crippen molar-refractivity contribution in [2.45, 2.75) is 13.3 Å². The molecule has 3 aromatic rings. The molecule has 0 aliphatic carbocycles. The third-order valence-electron chi connectivity index (χ3n) is 3.85. The standard InChI is InChI=1S/C17H14N4O2/c1-10-7-15(22)20-21-16(10)11-4-5-13-14(8-11)23-17(19-13)12-3-2-6-18-9-12/h2-6,8-10H,7H2,1H3,(H,20,22). The van der Waals surface area contributed by atoms with Crippen molar-refractivity contribution in [2.24, 2.45) is 11.0 Å². The van der Waals surface area contributed by atoms with Crippen molar-refractivity contribution < 1.29 is 9.21 Å². The Kier molecular flexibility index (Phi) is 3.15. The first kappa shape index (κ1) is 13.6. The van der Waals surface area contributed by atoms with Gasteiger partial charge in [0.05, 0.1) is 11.3 Å². The van der Waals surface area contributed by atoms with Crippen molar-refractivity contribution in [2.75, 3.05) is 0 Å². The van der Waals surface area contributed by atoms with Gasteiger partial charge in [-0.1, -0.05) is 13.0 Å². The van der Waals surface area contributed by atoms with Crippen molar-refractivity contribution in [3.05, 3.63) is 48.3 Å². The lowest BCUT2D eigenvalue weighted by molar-refractivity contribution is -0.121. The predicted molar refractivity (Wildman–Crippen MR) is 85.7 cm³/mol. The molecule has 1 atom stereocenters. The minimum atomic E-state index is -0.0548. The van der Waals surface area contributed by atoms with Gasteiger partial charge in [-0.15, -0.1) is 0 Å². The molecule has 1 aliphatic heterocycles. The highest BCUT2D eigenvalue weighted by Gasteiger charge is 2.22. The topological polar surface area (TPSA) is 80.4 Å². The number of fused-ring (bicyclic) bond motifs is 1. The first-order chi connectivity index (χ1) is 11.2. The van der Waals surface area contributed by atoms with E-state index in [1.54, 1.807) is 12.4 Å². The first-order valence-electron chi connectivity index (χ1n) is 7.38. The Bertz CT molecular complexity index is 915. The molecule has 0 fully saturated rings. The summed E-state index contributed by atoms with van der Waals surface area (Å²) in [6.07, 6.45) is 3.86. The van der Waals surface area contributed by atoms with E-state index in [0.717, 1.165) is 22.4 Å². The Labute approximate surface area is 132 Å². The molecule has 1 N–H and O–H groups in total. The summed E-state index contributed by atoms with van der Waals surface area (Å²) in [4.78, 5) is 19.9. The highest BCUT2D eigenvalue weighted by Crippen LogP contribution is 2.26. The Morgan fingerprint density at radius 1 is 1.26 bits per heavy atom. The minimum absolute atomic E-state index is 0.0548. The van der Waals surface area contributed by atoms with Crippen molar-refractivity contribution >= 4 is 22.7 Å². The summed E-state index contributed by atoms with van der Waals surface area (Å²) in [7, 11) is 0. The number of nitrogens with one attached hydrogen (secondary N) is 1. The van der Waals surface area contributed by atoms with Gasteiger partial charge in [0.15, 0.2) is 5.58 Å². The number of amides is 1. The number of carbonyl (C=O) groups excluding carboxylic acids is 1. The molecule has 0 radical (unpaired) electrons. The van der Waals surface area contributed by atoms with E-state index >= 15 is 0 Å². The molecule has 4 rings (SSSR count). The van der Waals surface area contributed by atoms with Gasteiger partial charge < -0.3 is 4.42 Å². The van der Waals surface area contributed by atoms with Crippen LogP contribution in [0.15, 0.2) is 52.2 Å². The summed E-state index contributed by atoms with van der Waals surface area (Å²) in [5.74, 6) is 0.556. The van der Waals surface area contributed by atoms with Crippen LogP contribution in [0.4, 0.5) is 0 Å². The van der Waals surface area contributed by atoms with Crippen LogP contribution < -0.4 is 5.43 Å². The van der Waals surface area contributed by atoms with Crippen LogP contribution in [-0.4, -0.2) is 21.6 Å². The molecule has 1 amide bonds. The summed E-state index contributed by atoms with van der Waals surface area (Å²) in [6.45, 7) is 1.99. The lowest BCUT2D eigenvalue weighted by Gasteiger charge is -2.18. The van der Waals surface area contributed by atoms with E-state index in [0.29, 0.717) is 17.9 Å². The van der Waals surface area contributed by atoms with Gasteiger partial charge in [-0.3, -0.25) is 9.78 Å². The zero-order valence-electron chi connectivity index (χ0n) is 12.5. The minimum Gasteiger partial charge on any atom is -0.436 e. The van der Waals surface area contributed by atoms with Crippen LogP contribution in [0.5, 0.6) is 0 Å². The smallest absolute Gasteiger partial charge is 0.240 e. The van der Waals surface area contributed by atoms with Crippen molar-refractivity contribution in [1.29, 1.82) is 0 Å². The number of pyridine rings is 1. The van der Waals surface area contributed by atoms with Crippen LogP contribution in [0.1, 0.15) is 18.9 Å². The first-order valence-corrected chi connectivity index (χ1v) is 7.38. The SMILES string of the molecule is CC1CC(=O)NN=C1c1ccc2nc(-c3cccnc3)oc2c1. The molecule has 0 saturated carbocycles. The zero-order chi connectivity index (χ0) is 15.8. The molecule has 3 heterocycles. The molecule has 6 heteroatoms. The second-order valence-corrected chi connectivity index (χ2v) is 5.58. The fraction of sp³-hybridized carbons (Fsp3) is 0.176. The van der Waals surface area contributed by atoms with E-state index in [1.807, 2.05) is 37.3 Å². The van der Waals surface area contributed by atoms with Gasteiger partial charge in [0.1, 0.15) is 5.52 Å². The Balaban J connectivity index is 1.75. The molecule has 0 spiro atoms. The number of benzene rings is 1. The number of carbonyl (C=O) groups is 1. The van der Waals surface area contributed by atoms with E-state index in [-0.39, 0.29) is 11.8 Å². The maximum absolute atomic E-state index is 11.4. The van der Waals surface area contributed by atoms with Gasteiger partial charge >= 0.3 is 0 Å². The predicted octanol–water partition coefficient (Wildman–Crippen LogP) is 2.75. The lowest BCUT2D eigenvalue weighted by atomic mass is 9.94. The van der Waals surface area contributed by atoms with Crippen LogP contribution in [-0.2, 0) is 4.79 Å². The maximum Gasteiger partial charge on any atom is 0.240 e. The number of rotatable bonds is 2. The highest BCUT2D eigenvalue weighted by molar-refractivity contribution is 6.07. The molecule has 2 aromatic heterocycles. The van der Waals surface area contributed by atoms with Crippen molar-refractivity contribution in [3.63, 3.8) is 0 Å². The molecular formula is C17H14N4O2. The summed E-state index contributed by atoms with van der Waals surface area (Å²) in [5.41, 5.74) is 6.62. The van der Waals surface area contributed by atoms with Crippen molar-refractivity contribution in [3.8, 4) is 11.5 Å². The quantitative estimate of drug-likeness (QED) is 0.789. The fourth-order valence-electron chi connectivity index (χ4n) is 2.70. The van der Waals surface area contributed by atoms with Crippen LogP contribution in [0.2, 0.25) is 0 Å². The average molecular weight is 306 g/mol. The van der Waals surface area contributed by atoms with Gasteiger partial charge in [0.2, 0.25) is 11.8 Å². The van der Waals surface area contributed by atoms with E-state index in [9.17, 15) is 4.79 Å². The number of hydrogen-bond donors (Lipinski definition) is 1. The van der Waals surface area contributed by atoms with Crippen LogP contribution in [0, 0.1) is 5.92 Å². The monoisotopic (exact) mass is 306 g/mol. The average Bonchev–Trinajstić information content (AvgIpc) is 2.99. The van der Waals surface area contributed by atoms with Crippen molar-refractivity contribution in [1.82, 2.24) is 15.4 Å². The Hall–Kier alpha value is -3.02. The molecule has 0 saturated heterocycles. The second-order valence-electron chi connectivity index (χ2n) is 5.58. The molecule has 1 aromatic carbocycles. The third-order valence-corrected chi connectivity index (χ3v) is 3.85. The lowest BCUT2D eigenvalue weighted by Crippen LogP contribution is -2.31. The number of hydrazone groups is 1. The number of oxazole rings is 1. The zero-order valence-corrected chi connectivity index (χ0v) is 12.5. The van der Waals surface area contributed by atoms with Crippen LogP contribution in [0.25, 0.3) is 22.6 Å². The van der Waals surface area contributed by atoms with Gasteiger partial charge in [-0.05, 0) is 24.3 Å². The van der Waals surface area contributed by atoms with E-state index in [1.165, 1.54) is 0 Å². The highest BCUT2D eigenvalue weighted by atomic mass is 16.3. The summed E-state index contributed by atoms with van der Waals surface area (Å²) < 4.78 is 5.85. The molecule has 6 nitrogen and oxygen atoms in total. The van der Waals surface area contributed by atoms with Crippen LogP contribution in [0.3, 0.4) is 0 Å². The maximum atomic E-state index is 11.4. The summed E-state index contributed by atoms with van der Waals surface area (Å²) in [6, 6.07) is 9.51. The van der Waals surface area contributed by atoms with Crippen LogP contribution >= 0.6 is 0 Å². The van der Waals surface area contributed by atoms with Gasteiger partial charge in [-0.2, -0.15) is 5.10 Å². The second kappa shape index (κ2) is 5.31. The Morgan fingerprint density at radius 2 is 2.17 bits per heavy atom. The third kappa shape index (κ3) is 2.48. The molecule has 114 valence electrons. The largest absolute Gasteiger partial charge is 0.436 e. The Morgan fingerprint density at radius 3 is 2.96 bits per heavy atom. The number of nitrogens with zero attached hydrogens (tertiary/aromatic N) is 3.